The van der Waals surface area contributed by atoms with Gasteiger partial charge in [-0.2, -0.15) is 5.10 Å². The number of aryl methyl sites for hydroxylation is 1. The van der Waals surface area contributed by atoms with Gasteiger partial charge in [0.1, 0.15) is 29.8 Å². The monoisotopic (exact) mass is 489 g/mol. The topological polar surface area (TPSA) is 123 Å². The predicted octanol–water partition coefficient (Wildman–Crippen LogP) is 3.06. The predicted molar refractivity (Wildman–Crippen MR) is 124 cm³/mol. The molecule has 2 unspecified atom stereocenters. The molecule has 3 N–H and O–H groups in total. The summed E-state index contributed by atoms with van der Waals surface area (Å²) in [6.07, 6.45) is 0.184. The Hall–Kier alpha value is -3.18. The lowest BCUT2D eigenvalue weighted by molar-refractivity contribution is 0.0214. The number of anilines is 1. The summed E-state index contributed by atoms with van der Waals surface area (Å²) in [5, 5.41) is 14.5. The number of amides is 1. The maximum absolute atomic E-state index is 15.3. The Kier molecular flexibility index (Phi) is 5.48. The van der Waals surface area contributed by atoms with E-state index in [9.17, 15) is 9.90 Å². The lowest BCUT2D eigenvalue weighted by Gasteiger charge is -2.43. The molecule has 34 heavy (non-hydrogen) atoms. The van der Waals surface area contributed by atoms with Gasteiger partial charge in [0, 0.05) is 43.3 Å². The standard InChI is InChI=1S/C22H25ClFN7O3/c1-10-5-29(13-6-30(7-13)22(32)33)8-15-18(24)16(23)4-14(19(15)34-10)12(3)31-21-17(11(2)28-31)20(25)26-9-27-21/h4,9-10,12-13H,5-8H2,1-3H3,(H,32,33)(H2,25,26,27). The first-order valence-corrected chi connectivity index (χ1v) is 11.4. The Labute approximate surface area is 200 Å². The number of hydrogen-bond acceptors (Lipinski definition) is 7. The molecule has 0 radical (unpaired) electrons. The molecular weight excluding hydrogens is 465 g/mol. The number of likely N-dealkylation sites (tertiary alicyclic amines) is 1. The summed E-state index contributed by atoms with van der Waals surface area (Å²) >= 11 is 6.35. The highest BCUT2D eigenvalue weighted by Gasteiger charge is 2.38. The fourth-order valence-corrected chi connectivity index (χ4v) is 5.03. The van der Waals surface area contributed by atoms with Gasteiger partial charge in [0.05, 0.1) is 22.1 Å². The van der Waals surface area contributed by atoms with E-state index < -0.39 is 11.9 Å². The molecule has 4 heterocycles. The summed E-state index contributed by atoms with van der Waals surface area (Å²) in [4.78, 5) is 23.0. The molecule has 1 amide bonds. The van der Waals surface area contributed by atoms with Crippen molar-refractivity contribution in [1.29, 1.82) is 0 Å². The van der Waals surface area contributed by atoms with Crippen LogP contribution < -0.4 is 10.5 Å². The fourth-order valence-electron chi connectivity index (χ4n) is 4.80. The maximum Gasteiger partial charge on any atom is 0.407 e. The van der Waals surface area contributed by atoms with Crippen LogP contribution in [0.3, 0.4) is 0 Å². The third kappa shape index (κ3) is 3.59. The SMILES string of the molecule is Cc1nn(C(C)c2cc(Cl)c(F)c3c2OC(C)CN(C2CN(C(=O)O)C2)C3)c2ncnc(N)c12. The Morgan fingerprint density at radius 3 is 2.79 bits per heavy atom. The number of nitrogens with two attached hydrogens (primary N) is 1. The summed E-state index contributed by atoms with van der Waals surface area (Å²) < 4.78 is 23.3. The van der Waals surface area contributed by atoms with Crippen molar-refractivity contribution in [3.8, 4) is 5.75 Å². The summed E-state index contributed by atoms with van der Waals surface area (Å²) in [5.74, 6) is 0.240. The average molecular weight is 490 g/mol. The Balaban J connectivity index is 1.56. The highest BCUT2D eigenvalue weighted by atomic mass is 35.5. The number of nitrogens with zero attached hydrogens (tertiary/aromatic N) is 6. The molecule has 0 aliphatic carbocycles. The van der Waals surface area contributed by atoms with Crippen molar-refractivity contribution in [3.05, 3.63) is 40.1 Å². The smallest absolute Gasteiger partial charge is 0.407 e. The first kappa shape index (κ1) is 22.6. The van der Waals surface area contributed by atoms with E-state index in [0.717, 1.165) is 0 Å². The first-order chi connectivity index (χ1) is 16.2. The molecule has 12 heteroatoms. The second kappa shape index (κ2) is 8.24. The number of benzene rings is 1. The maximum atomic E-state index is 15.3. The van der Waals surface area contributed by atoms with Gasteiger partial charge in [-0.05, 0) is 26.8 Å². The molecule has 10 nitrogen and oxygen atoms in total. The quantitative estimate of drug-likeness (QED) is 0.575. The number of aromatic nitrogens is 4. The molecule has 180 valence electrons. The third-order valence-electron chi connectivity index (χ3n) is 6.62. The van der Waals surface area contributed by atoms with Crippen LogP contribution in [0.5, 0.6) is 5.75 Å². The number of fused-ring (bicyclic) bond motifs is 2. The minimum absolute atomic E-state index is 0.00950. The van der Waals surface area contributed by atoms with Crippen molar-refractivity contribution < 1.29 is 19.0 Å². The molecule has 5 rings (SSSR count). The number of halogens is 2. The van der Waals surface area contributed by atoms with Crippen molar-refractivity contribution in [3.63, 3.8) is 0 Å². The molecule has 0 spiro atoms. The molecule has 1 fully saturated rings. The van der Waals surface area contributed by atoms with Gasteiger partial charge in [0.2, 0.25) is 0 Å². The minimum atomic E-state index is -0.952. The van der Waals surface area contributed by atoms with E-state index in [1.54, 1.807) is 10.7 Å². The molecule has 1 aromatic carbocycles. The fraction of sp³-hybridized carbons (Fsp3) is 0.455. The second-order valence-electron chi connectivity index (χ2n) is 8.93. The van der Waals surface area contributed by atoms with Crippen LogP contribution in [0.2, 0.25) is 5.02 Å². The number of ether oxygens (including phenoxy) is 1. The summed E-state index contributed by atoms with van der Waals surface area (Å²) in [5.41, 5.74) is 8.34. The van der Waals surface area contributed by atoms with Crippen LogP contribution in [-0.4, -0.2) is 72.5 Å². The van der Waals surface area contributed by atoms with Crippen LogP contribution in [0.1, 0.15) is 36.7 Å². The van der Waals surface area contributed by atoms with E-state index in [1.165, 1.54) is 11.2 Å². The normalized spacial score (nSPS) is 19.9. The number of hydrogen-bond donors (Lipinski definition) is 2. The number of rotatable bonds is 3. The second-order valence-corrected chi connectivity index (χ2v) is 9.34. The zero-order valence-corrected chi connectivity index (χ0v) is 19.8. The third-order valence-corrected chi connectivity index (χ3v) is 6.90. The van der Waals surface area contributed by atoms with E-state index in [1.807, 2.05) is 20.8 Å². The van der Waals surface area contributed by atoms with Gasteiger partial charge < -0.3 is 20.5 Å². The number of carboxylic acid groups (broad SMARTS) is 1. The summed E-state index contributed by atoms with van der Waals surface area (Å²) in [6.45, 7) is 7.21. The minimum Gasteiger partial charge on any atom is -0.489 e. The van der Waals surface area contributed by atoms with Crippen molar-refractivity contribution in [2.45, 2.75) is 45.5 Å². The lowest BCUT2D eigenvalue weighted by Crippen LogP contribution is -2.61. The van der Waals surface area contributed by atoms with Gasteiger partial charge in [-0.25, -0.2) is 23.8 Å². The van der Waals surface area contributed by atoms with Gasteiger partial charge in [0.25, 0.3) is 0 Å². The Morgan fingerprint density at radius 2 is 2.09 bits per heavy atom. The van der Waals surface area contributed by atoms with Crippen LogP contribution in [0.4, 0.5) is 15.0 Å². The van der Waals surface area contributed by atoms with E-state index in [0.29, 0.717) is 59.1 Å². The average Bonchev–Trinajstić information content (AvgIpc) is 2.98. The van der Waals surface area contributed by atoms with Crippen LogP contribution in [0.25, 0.3) is 11.0 Å². The molecule has 0 bridgehead atoms. The van der Waals surface area contributed by atoms with Crippen LogP contribution in [-0.2, 0) is 6.54 Å². The molecule has 1 saturated heterocycles. The first-order valence-electron chi connectivity index (χ1n) is 11.0. The Bertz CT molecular complexity index is 1290. The van der Waals surface area contributed by atoms with Crippen molar-refractivity contribution >= 4 is 34.5 Å². The highest BCUT2D eigenvalue weighted by Crippen LogP contribution is 2.41. The molecule has 0 saturated carbocycles. The van der Waals surface area contributed by atoms with E-state index in [4.69, 9.17) is 22.1 Å². The Morgan fingerprint density at radius 1 is 1.35 bits per heavy atom. The van der Waals surface area contributed by atoms with Gasteiger partial charge >= 0.3 is 6.09 Å². The number of carbonyl (C=O) groups is 1. The summed E-state index contributed by atoms with van der Waals surface area (Å²) in [6, 6.07) is 1.18. The zero-order valence-electron chi connectivity index (χ0n) is 19.0. The number of nitrogen functional groups attached to an aromatic ring is 1. The van der Waals surface area contributed by atoms with Crippen molar-refractivity contribution in [2.24, 2.45) is 0 Å². The molecule has 3 aromatic rings. The molecule has 2 atom stereocenters. The van der Waals surface area contributed by atoms with Gasteiger partial charge in [-0.3, -0.25) is 4.90 Å². The van der Waals surface area contributed by atoms with Gasteiger partial charge in [-0.1, -0.05) is 11.6 Å². The van der Waals surface area contributed by atoms with Crippen molar-refractivity contribution in [2.75, 3.05) is 25.4 Å². The molecular formula is C22H25ClFN7O3. The van der Waals surface area contributed by atoms with Crippen molar-refractivity contribution in [1.82, 2.24) is 29.5 Å². The largest absolute Gasteiger partial charge is 0.489 e. The van der Waals surface area contributed by atoms with E-state index in [-0.39, 0.29) is 29.8 Å². The van der Waals surface area contributed by atoms with Gasteiger partial charge in [-0.15, -0.1) is 0 Å². The van der Waals surface area contributed by atoms with Crippen LogP contribution in [0, 0.1) is 12.7 Å². The molecule has 2 aliphatic rings. The van der Waals surface area contributed by atoms with Crippen LogP contribution in [0.15, 0.2) is 12.4 Å². The van der Waals surface area contributed by atoms with E-state index in [2.05, 4.69) is 20.0 Å². The summed E-state index contributed by atoms with van der Waals surface area (Å²) in [7, 11) is 0. The molecule has 2 aromatic heterocycles. The van der Waals surface area contributed by atoms with Crippen LogP contribution >= 0.6 is 11.6 Å². The highest BCUT2D eigenvalue weighted by molar-refractivity contribution is 6.31. The lowest BCUT2D eigenvalue weighted by atomic mass is 10.0. The molecule has 2 aliphatic heterocycles. The zero-order chi connectivity index (χ0) is 24.3. The van der Waals surface area contributed by atoms with E-state index >= 15 is 4.39 Å². The van der Waals surface area contributed by atoms with Gasteiger partial charge in [0.15, 0.2) is 5.65 Å².